The standard InChI is InChI=1S/C15H30INO/c1-2-3-4-5-6-7-9-12-15(18)17-14-11-8-10-13-16/h2-14H2,1H3,(H,17,18). The first kappa shape index (κ1) is 18.2. The van der Waals surface area contributed by atoms with Gasteiger partial charge in [0.2, 0.25) is 5.91 Å². The van der Waals surface area contributed by atoms with Gasteiger partial charge in [-0.3, -0.25) is 4.79 Å². The molecule has 0 saturated heterocycles. The topological polar surface area (TPSA) is 29.1 Å². The molecule has 2 nitrogen and oxygen atoms in total. The van der Waals surface area contributed by atoms with Crippen LogP contribution in [0, 0.1) is 0 Å². The molecule has 0 heterocycles. The molecule has 18 heavy (non-hydrogen) atoms. The summed E-state index contributed by atoms with van der Waals surface area (Å²) in [6.45, 7) is 3.11. The van der Waals surface area contributed by atoms with Crippen LogP contribution in [0.4, 0.5) is 0 Å². The van der Waals surface area contributed by atoms with E-state index in [0.717, 1.165) is 25.8 Å². The lowest BCUT2D eigenvalue weighted by atomic mass is 10.1. The van der Waals surface area contributed by atoms with Crippen LogP contribution in [0.2, 0.25) is 0 Å². The van der Waals surface area contributed by atoms with Crippen molar-refractivity contribution in [2.45, 2.75) is 77.6 Å². The zero-order valence-corrected chi connectivity index (χ0v) is 14.1. The van der Waals surface area contributed by atoms with Gasteiger partial charge in [-0.25, -0.2) is 0 Å². The monoisotopic (exact) mass is 367 g/mol. The Hall–Kier alpha value is 0.200. The van der Waals surface area contributed by atoms with Crippen molar-refractivity contribution in [1.29, 1.82) is 0 Å². The third-order valence-electron chi connectivity index (χ3n) is 3.14. The number of carbonyl (C=O) groups excluding carboxylic acids is 1. The normalized spacial score (nSPS) is 10.6. The molecule has 0 spiro atoms. The maximum atomic E-state index is 11.5. The molecule has 0 unspecified atom stereocenters. The first-order chi connectivity index (χ1) is 8.81. The first-order valence-electron chi connectivity index (χ1n) is 7.64. The third-order valence-corrected chi connectivity index (χ3v) is 3.90. The summed E-state index contributed by atoms with van der Waals surface area (Å²) in [6, 6.07) is 0. The summed E-state index contributed by atoms with van der Waals surface area (Å²) >= 11 is 2.40. The lowest BCUT2D eigenvalue weighted by Crippen LogP contribution is -2.23. The Morgan fingerprint density at radius 3 is 2.17 bits per heavy atom. The molecule has 0 rings (SSSR count). The third kappa shape index (κ3) is 14.3. The van der Waals surface area contributed by atoms with Crippen molar-refractivity contribution in [3.05, 3.63) is 0 Å². The first-order valence-corrected chi connectivity index (χ1v) is 9.16. The predicted octanol–water partition coefficient (Wildman–Crippen LogP) is 4.85. The number of hydrogen-bond donors (Lipinski definition) is 1. The Labute approximate surface area is 127 Å². The number of hydrogen-bond acceptors (Lipinski definition) is 1. The van der Waals surface area contributed by atoms with Crippen LogP contribution in [0.5, 0.6) is 0 Å². The molecule has 0 bridgehead atoms. The predicted molar refractivity (Wildman–Crippen MR) is 88.4 cm³/mol. The molecule has 0 saturated carbocycles. The van der Waals surface area contributed by atoms with Crippen molar-refractivity contribution >= 4 is 28.5 Å². The lowest BCUT2D eigenvalue weighted by Gasteiger charge is -2.05. The minimum atomic E-state index is 0.248. The number of alkyl halides is 1. The smallest absolute Gasteiger partial charge is 0.219 e. The average Bonchev–Trinajstić information content (AvgIpc) is 2.37. The fraction of sp³-hybridized carbons (Fsp3) is 0.933. The van der Waals surface area contributed by atoms with Gasteiger partial charge in [-0.1, -0.05) is 74.5 Å². The summed E-state index contributed by atoms with van der Waals surface area (Å²) in [5, 5.41) is 3.01. The molecule has 0 aromatic carbocycles. The molecule has 0 aromatic heterocycles. The van der Waals surface area contributed by atoms with Gasteiger partial charge in [0.25, 0.3) is 0 Å². The molecule has 3 heteroatoms. The number of carbonyl (C=O) groups is 1. The van der Waals surface area contributed by atoms with Crippen LogP contribution >= 0.6 is 22.6 Å². The van der Waals surface area contributed by atoms with E-state index in [-0.39, 0.29) is 5.91 Å². The van der Waals surface area contributed by atoms with E-state index in [9.17, 15) is 4.79 Å². The van der Waals surface area contributed by atoms with Gasteiger partial charge in [0, 0.05) is 13.0 Å². The number of nitrogens with one attached hydrogen (secondary N) is 1. The van der Waals surface area contributed by atoms with Crippen LogP contribution in [0.25, 0.3) is 0 Å². The maximum Gasteiger partial charge on any atom is 0.219 e. The number of rotatable bonds is 13. The highest BCUT2D eigenvalue weighted by atomic mass is 127. The fourth-order valence-corrected chi connectivity index (χ4v) is 2.49. The highest BCUT2D eigenvalue weighted by Crippen LogP contribution is 2.08. The largest absolute Gasteiger partial charge is 0.356 e. The fourth-order valence-electron chi connectivity index (χ4n) is 1.96. The Kier molecular flexibility index (Phi) is 15.4. The van der Waals surface area contributed by atoms with E-state index >= 15 is 0 Å². The van der Waals surface area contributed by atoms with Gasteiger partial charge in [-0.15, -0.1) is 0 Å². The quantitative estimate of drug-likeness (QED) is 0.281. The van der Waals surface area contributed by atoms with Crippen molar-refractivity contribution in [1.82, 2.24) is 5.32 Å². The Morgan fingerprint density at radius 1 is 0.889 bits per heavy atom. The minimum absolute atomic E-state index is 0.248. The van der Waals surface area contributed by atoms with Crippen LogP contribution in [-0.4, -0.2) is 16.9 Å². The van der Waals surface area contributed by atoms with E-state index in [1.54, 1.807) is 0 Å². The zero-order valence-electron chi connectivity index (χ0n) is 12.0. The van der Waals surface area contributed by atoms with E-state index < -0.39 is 0 Å². The van der Waals surface area contributed by atoms with E-state index in [2.05, 4.69) is 34.8 Å². The minimum Gasteiger partial charge on any atom is -0.356 e. The van der Waals surface area contributed by atoms with Crippen LogP contribution in [0.3, 0.4) is 0 Å². The molecule has 0 aliphatic heterocycles. The van der Waals surface area contributed by atoms with Gasteiger partial charge < -0.3 is 5.32 Å². The van der Waals surface area contributed by atoms with Crippen molar-refractivity contribution < 1.29 is 4.79 Å². The van der Waals surface area contributed by atoms with Crippen molar-refractivity contribution in [3.8, 4) is 0 Å². The molecule has 0 aliphatic carbocycles. The molecule has 0 fully saturated rings. The summed E-state index contributed by atoms with van der Waals surface area (Å²) in [4.78, 5) is 11.5. The zero-order chi connectivity index (χ0) is 13.5. The van der Waals surface area contributed by atoms with E-state index in [4.69, 9.17) is 0 Å². The highest BCUT2D eigenvalue weighted by molar-refractivity contribution is 14.1. The number of unbranched alkanes of at least 4 members (excludes halogenated alkanes) is 8. The summed E-state index contributed by atoms with van der Waals surface area (Å²) in [6.07, 6.45) is 13.3. The van der Waals surface area contributed by atoms with Crippen LogP contribution in [0.1, 0.15) is 77.6 Å². The molecule has 108 valence electrons. The molecule has 1 N–H and O–H groups in total. The molecular formula is C15H30INO. The molecule has 0 aliphatic rings. The van der Waals surface area contributed by atoms with Gasteiger partial charge >= 0.3 is 0 Å². The van der Waals surface area contributed by atoms with Gasteiger partial charge in [-0.2, -0.15) is 0 Å². The summed E-state index contributed by atoms with van der Waals surface area (Å²) in [5.74, 6) is 0.248. The summed E-state index contributed by atoms with van der Waals surface area (Å²) in [5.41, 5.74) is 0. The van der Waals surface area contributed by atoms with E-state index in [0.29, 0.717) is 0 Å². The summed E-state index contributed by atoms with van der Waals surface area (Å²) in [7, 11) is 0. The van der Waals surface area contributed by atoms with Crippen LogP contribution < -0.4 is 5.32 Å². The van der Waals surface area contributed by atoms with Crippen LogP contribution in [-0.2, 0) is 4.79 Å². The SMILES string of the molecule is CCCCCCCCCC(=O)NCCCCCI. The second-order valence-electron chi connectivity index (χ2n) is 4.97. The Bertz CT molecular complexity index is 185. The molecule has 1 amide bonds. The Morgan fingerprint density at radius 2 is 1.50 bits per heavy atom. The van der Waals surface area contributed by atoms with E-state index in [1.165, 1.54) is 55.8 Å². The highest BCUT2D eigenvalue weighted by Gasteiger charge is 2.00. The lowest BCUT2D eigenvalue weighted by molar-refractivity contribution is -0.121. The number of halogens is 1. The second kappa shape index (κ2) is 15.3. The second-order valence-corrected chi connectivity index (χ2v) is 6.05. The Balaban J connectivity index is 3.12. The average molecular weight is 367 g/mol. The van der Waals surface area contributed by atoms with Gasteiger partial charge in [0.15, 0.2) is 0 Å². The summed E-state index contributed by atoms with van der Waals surface area (Å²) < 4.78 is 1.23. The van der Waals surface area contributed by atoms with Gasteiger partial charge in [0.1, 0.15) is 0 Å². The molecule has 0 atom stereocenters. The molecular weight excluding hydrogens is 337 g/mol. The molecule has 0 radical (unpaired) electrons. The van der Waals surface area contributed by atoms with E-state index in [1.807, 2.05) is 0 Å². The maximum absolute atomic E-state index is 11.5. The van der Waals surface area contributed by atoms with Crippen LogP contribution in [0.15, 0.2) is 0 Å². The number of amides is 1. The van der Waals surface area contributed by atoms with Gasteiger partial charge in [0.05, 0.1) is 0 Å². The van der Waals surface area contributed by atoms with Crippen molar-refractivity contribution in [2.75, 3.05) is 11.0 Å². The van der Waals surface area contributed by atoms with Gasteiger partial charge in [-0.05, 0) is 23.7 Å². The molecule has 0 aromatic rings. The van der Waals surface area contributed by atoms with Crippen molar-refractivity contribution in [3.63, 3.8) is 0 Å². The van der Waals surface area contributed by atoms with Crippen molar-refractivity contribution in [2.24, 2.45) is 0 Å².